The number of para-hydroxylation sites is 1. The molecule has 0 unspecified atom stereocenters. The SMILES string of the molecule is CCCCCNC(=O)CCn1cnc2ccccc2c1=O. The minimum atomic E-state index is -0.0978. The molecule has 2 aromatic rings. The Morgan fingerprint density at radius 2 is 2.10 bits per heavy atom. The Morgan fingerprint density at radius 3 is 2.90 bits per heavy atom. The topological polar surface area (TPSA) is 64.0 Å². The average molecular weight is 287 g/mol. The number of rotatable bonds is 7. The highest BCUT2D eigenvalue weighted by Crippen LogP contribution is 2.04. The molecule has 0 aliphatic heterocycles. The number of nitrogens with zero attached hydrogens (tertiary/aromatic N) is 2. The molecule has 2 rings (SSSR count). The van der Waals surface area contributed by atoms with Gasteiger partial charge in [0, 0.05) is 19.5 Å². The van der Waals surface area contributed by atoms with Gasteiger partial charge in [0.2, 0.25) is 5.91 Å². The molecule has 0 spiro atoms. The van der Waals surface area contributed by atoms with Crippen molar-refractivity contribution in [2.75, 3.05) is 6.54 Å². The van der Waals surface area contributed by atoms with Gasteiger partial charge in [0.1, 0.15) is 0 Å². The molecule has 1 N–H and O–H groups in total. The molecule has 5 nitrogen and oxygen atoms in total. The smallest absolute Gasteiger partial charge is 0.261 e. The normalized spacial score (nSPS) is 10.7. The van der Waals surface area contributed by atoms with Gasteiger partial charge in [-0.2, -0.15) is 0 Å². The first-order chi connectivity index (χ1) is 10.2. The summed E-state index contributed by atoms with van der Waals surface area (Å²) in [5.74, 6) is -0.0221. The summed E-state index contributed by atoms with van der Waals surface area (Å²) >= 11 is 0. The van der Waals surface area contributed by atoms with Crippen molar-refractivity contribution in [3.8, 4) is 0 Å². The first kappa shape index (κ1) is 15.2. The van der Waals surface area contributed by atoms with Crippen molar-refractivity contribution in [3.05, 3.63) is 40.9 Å². The van der Waals surface area contributed by atoms with Gasteiger partial charge >= 0.3 is 0 Å². The van der Waals surface area contributed by atoms with E-state index in [1.807, 2.05) is 18.2 Å². The van der Waals surface area contributed by atoms with Crippen molar-refractivity contribution in [1.29, 1.82) is 0 Å². The van der Waals surface area contributed by atoms with Crippen LogP contribution in [0.3, 0.4) is 0 Å². The van der Waals surface area contributed by atoms with Gasteiger partial charge in [-0.25, -0.2) is 4.98 Å². The fraction of sp³-hybridized carbons (Fsp3) is 0.438. The minimum absolute atomic E-state index is 0.0221. The Hall–Kier alpha value is -2.17. The van der Waals surface area contributed by atoms with Crippen molar-refractivity contribution in [1.82, 2.24) is 14.9 Å². The largest absolute Gasteiger partial charge is 0.356 e. The summed E-state index contributed by atoms with van der Waals surface area (Å²) in [5.41, 5.74) is 0.585. The maximum absolute atomic E-state index is 12.2. The van der Waals surface area contributed by atoms with Crippen LogP contribution in [-0.2, 0) is 11.3 Å². The van der Waals surface area contributed by atoms with E-state index < -0.39 is 0 Å². The first-order valence-corrected chi connectivity index (χ1v) is 7.43. The van der Waals surface area contributed by atoms with Crippen LogP contribution in [0.15, 0.2) is 35.4 Å². The molecule has 1 heterocycles. The number of carbonyl (C=O) groups is 1. The van der Waals surface area contributed by atoms with Crippen LogP contribution in [0, 0.1) is 0 Å². The van der Waals surface area contributed by atoms with Crippen molar-refractivity contribution < 1.29 is 4.79 Å². The summed E-state index contributed by atoms with van der Waals surface area (Å²) in [7, 11) is 0. The van der Waals surface area contributed by atoms with Crippen LogP contribution in [0.1, 0.15) is 32.6 Å². The Bertz CT molecular complexity index is 664. The molecule has 0 atom stereocenters. The molecule has 1 amide bonds. The number of benzene rings is 1. The van der Waals surface area contributed by atoms with Crippen LogP contribution in [0.2, 0.25) is 0 Å². The number of hydrogen-bond acceptors (Lipinski definition) is 3. The van der Waals surface area contributed by atoms with Crippen LogP contribution in [0.4, 0.5) is 0 Å². The van der Waals surface area contributed by atoms with E-state index in [9.17, 15) is 9.59 Å². The molecule has 0 aliphatic carbocycles. The standard InChI is InChI=1S/C16H21N3O2/c1-2-3-6-10-17-15(20)9-11-19-12-18-14-8-5-4-7-13(14)16(19)21/h4-5,7-8,12H,2-3,6,9-11H2,1H3,(H,17,20). The van der Waals surface area contributed by atoms with Crippen LogP contribution in [-0.4, -0.2) is 22.0 Å². The molecule has 5 heteroatoms. The molecule has 0 bridgehead atoms. The molecule has 0 aliphatic rings. The van der Waals surface area contributed by atoms with E-state index >= 15 is 0 Å². The van der Waals surface area contributed by atoms with Gasteiger partial charge in [0.15, 0.2) is 0 Å². The van der Waals surface area contributed by atoms with E-state index in [1.165, 1.54) is 10.9 Å². The molecule has 1 aromatic heterocycles. The fourth-order valence-corrected chi connectivity index (χ4v) is 2.18. The Kier molecular flexibility index (Phi) is 5.49. The number of carbonyl (C=O) groups excluding carboxylic acids is 1. The van der Waals surface area contributed by atoms with E-state index in [-0.39, 0.29) is 11.5 Å². The van der Waals surface area contributed by atoms with Gasteiger partial charge in [-0.05, 0) is 18.6 Å². The second-order valence-corrected chi connectivity index (χ2v) is 5.07. The van der Waals surface area contributed by atoms with Crippen LogP contribution in [0.5, 0.6) is 0 Å². The van der Waals surface area contributed by atoms with Crippen LogP contribution < -0.4 is 10.9 Å². The van der Waals surface area contributed by atoms with E-state index in [1.54, 1.807) is 6.07 Å². The summed E-state index contributed by atoms with van der Waals surface area (Å²) in [6.07, 6.45) is 5.06. The summed E-state index contributed by atoms with van der Waals surface area (Å²) in [6.45, 7) is 3.19. The first-order valence-electron chi connectivity index (χ1n) is 7.43. The number of unbranched alkanes of at least 4 members (excludes halogenated alkanes) is 2. The number of aromatic nitrogens is 2. The summed E-state index contributed by atoms with van der Waals surface area (Å²) in [4.78, 5) is 28.2. The Balaban J connectivity index is 1.93. The number of amides is 1. The Morgan fingerprint density at radius 1 is 1.29 bits per heavy atom. The second kappa shape index (κ2) is 7.57. The summed E-state index contributed by atoms with van der Waals surface area (Å²) in [6, 6.07) is 7.23. The molecule has 1 aromatic carbocycles. The lowest BCUT2D eigenvalue weighted by Crippen LogP contribution is -2.28. The second-order valence-electron chi connectivity index (χ2n) is 5.07. The van der Waals surface area contributed by atoms with E-state index in [0.717, 1.165) is 19.3 Å². The van der Waals surface area contributed by atoms with E-state index in [4.69, 9.17) is 0 Å². The molecule has 0 radical (unpaired) electrons. The predicted octanol–water partition coefficient (Wildman–Crippen LogP) is 2.09. The highest BCUT2D eigenvalue weighted by molar-refractivity contribution is 5.77. The zero-order valence-electron chi connectivity index (χ0n) is 12.3. The van der Waals surface area contributed by atoms with Crippen molar-refractivity contribution in [2.45, 2.75) is 39.2 Å². The summed E-state index contributed by atoms with van der Waals surface area (Å²) < 4.78 is 1.49. The number of nitrogens with one attached hydrogen (secondary N) is 1. The molecular formula is C16H21N3O2. The van der Waals surface area contributed by atoms with Crippen molar-refractivity contribution >= 4 is 16.8 Å². The summed E-state index contributed by atoms with van der Waals surface area (Å²) in [5, 5.41) is 3.46. The zero-order valence-corrected chi connectivity index (χ0v) is 12.3. The van der Waals surface area contributed by atoms with Crippen molar-refractivity contribution in [2.24, 2.45) is 0 Å². The number of fused-ring (bicyclic) bond motifs is 1. The monoisotopic (exact) mass is 287 g/mol. The average Bonchev–Trinajstić information content (AvgIpc) is 2.51. The third-order valence-electron chi connectivity index (χ3n) is 3.41. The fourth-order valence-electron chi connectivity index (χ4n) is 2.18. The third-order valence-corrected chi connectivity index (χ3v) is 3.41. The lowest BCUT2D eigenvalue weighted by atomic mass is 10.2. The zero-order chi connectivity index (χ0) is 15.1. The van der Waals surface area contributed by atoms with Crippen LogP contribution in [0.25, 0.3) is 10.9 Å². The van der Waals surface area contributed by atoms with Gasteiger partial charge in [-0.3, -0.25) is 14.2 Å². The lowest BCUT2D eigenvalue weighted by Gasteiger charge is -2.07. The Labute approximate surface area is 124 Å². The highest BCUT2D eigenvalue weighted by atomic mass is 16.1. The number of aryl methyl sites for hydroxylation is 1. The van der Waals surface area contributed by atoms with Gasteiger partial charge in [-0.15, -0.1) is 0 Å². The van der Waals surface area contributed by atoms with Gasteiger partial charge in [0.25, 0.3) is 5.56 Å². The number of hydrogen-bond donors (Lipinski definition) is 1. The van der Waals surface area contributed by atoms with E-state index in [0.29, 0.717) is 30.4 Å². The molecule has 112 valence electrons. The van der Waals surface area contributed by atoms with Gasteiger partial charge in [-0.1, -0.05) is 31.9 Å². The molecule has 0 saturated carbocycles. The molecule has 0 saturated heterocycles. The minimum Gasteiger partial charge on any atom is -0.356 e. The molecule has 0 fully saturated rings. The lowest BCUT2D eigenvalue weighted by molar-refractivity contribution is -0.121. The van der Waals surface area contributed by atoms with Gasteiger partial charge in [0.05, 0.1) is 17.2 Å². The maximum atomic E-state index is 12.2. The molecule has 21 heavy (non-hydrogen) atoms. The van der Waals surface area contributed by atoms with Gasteiger partial charge < -0.3 is 5.32 Å². The van der Waals surface area contributed by atoms with E-state index in [2.05, 4.69) is 17.2 Å². The quantitative estimate of drug-likeness (QED) is 0.793. The predicted molar refractivity (Wildman–Crippen MR) is 83.2 cm³/mol. The maximum Gasteiger partial charge on any atom is 0.261 e. The third kappa shape index (κ3) is 4.15. The molecular weight excluding hydrogens is 266 g/mol. The van der Waals surface area contributed by atoms with Crippen molar-refractivity contribution in [3.63, 3.8) is 0 Å². The highest BCUT2D eigenvalue weighted by Gasteiger charge is 2.05. The van der Waals surface area contributed by atoms with Crippen LogP contribution >= 0.6 is 0 Å².